The number of anilines is 3. The summed E-state index contributed by atoms with van der Waals surface area (Å²) in [6.45, 7) is 1.50. The fourth-order valence-electron chi connectivity index (χ4n) is 3.72. The number of urea groups is 1. The molecule has 30 heavy (non-hydrogen) atoms. The van der Waals surface area contributed by atoms with Crippen molar-refractivity contribution in [1.82, 2.24) is 14.9 Å². The molecule has 2 amide bonds. The van der Waals surface area contributed by atoms with Crippen molar-refractivity contribution in [2.24, 2.45) is 0 Å². The molecule has 3 heterocycles. The molecule has 2 fully saturated rings. The minimum atomic E-state index is -2.91. The summed E-state index contributed by atoms with van der Waals surface area (Å²) >= 11 is 0. The van der Waals surface area contributed by atoms with Crippen LogP contribution in [-0.2, 0) is 0 Å². The van der Waals surface area contributed by atoms with Crippen LogP contribution >= 0.6 is 0 Å². The van der Waals surface area contributed by atoms with Gasteiger partial charge in [0.1, 0.15) is 23.7 Å². The first kappa shape index (κ1) is 20.1. The molecule has 1 aromatic heterocycles. The van der Waals surface area contributed by atoms with E-state index >= 15 is 0 Å². The van der Waals surface area contributed by atoms with Crippen molar-refractivity contribution in [3.05, 3.63) is 36.7 Å². The predicted molar refractivity (Wildman–Crippen MR) is 109 cm³/mol. The van der Waals surface area contributed by atoms with Crippen LogP contribution in [0.4, 0.5) is 30.9 Å². The highest BCUT2D eigenvalue weighted by molar-refractivity contribution is 5.89. The van der Waals surface area contributed by atoms with Crippen molar-refractivity contribution in [2.75, 3.05) is 54.4 Å². The van der Waals surface area contributed by atoms with Gasteiger partial charge in [-0.2, -0.15) is 8.78 Å². The van der Waals surface area contributed by atoms with E-state index in [1.165, 1.54) is 25.0 Å². The Morgan fingerprint density at radius 1 is 0.967 bits per heavy atom. The molecule has 1 N–H and O–H groups in total. The first-order valence-electron chi connectivity index (χ1n) is 10.0. The molecule has 0 unspecified atom stereocenters. The zero-order valence-electron chi connectivity index (χ0n) is 16.5. The molecule has 2 aliphatic rings. The van der Waals surface area contributed by atoms with Crippen LogP contribution in [-0.4, -0.2) is 66.8 Å². The average molecular weight is 418 g/mol. The van der Waals surface area contributed by atoms with Gasteiger partial charge in [-0.05, 0) is 25.0 Å². The van der Waals surface area contributed by atoms with Crippen LogP contribution in [0.1, 0.15) is 12.8 Å². The number of alkyl halides is 2. The van der Waals surface area contributed by atoms with Gasteiger partial charge in [0.05, 0.1) is 0 Å². The molecule has 0 atom stereocenters. The number of hydrogen-bond acceptors (Lipinski definition) is 6. The summed E-state index contributed by atoms with van der Waals surface area (Å²) < 4.78 is 29.1. The van der Waals surface area contributed by atoms with Crippen molar-refractivity contribution in [3.8, 4) is 5.75 Å². The van der Waals surface area contributed by atoms with Crippen molar-refractivity contribution in [1.29, 1.82) is 0 Å². The Kier molecular flexibility index (Phi) is 6.10. The number of carbonyl (C=O) groups is 1. The highest BCUT2D eigenvalue weighted by Gasteiger charge is 2.23. The van der Waals surface area contributed by atoms with Crippen LogP contribution in [0.15, 0.2) is 36.7 Å². The number of aromatic nitrogens is 2. The van der Waals surface area contributed by atoms with Gasteiger partial charge >= 0.3 is 12.6 Å². The lowest BCUT2D eigenvalue weighted by atomic mass is 10.3. The molecule has 0 bridgehead atoms. The number of carbonyl (C=O) groups excluding carboxylic acids is 1. The number of nitrogens with one attached hydrogen (secondary N) is 1. The van der Waals surface area contributed by atoms with Gasteiger partial charge in [-0.3, -0.25) is 0 Å². The maximum absolute atomic E-state index is 12.5. The van der Waals surface area contributed by atoms with Gasteiger partial charge in [-0.1, -0.05) is 6.07 Å². The van der Waals surface area contributed by atoms with Crippen LogP contribution in [0.2, 0.25) is 0 Å². The van der Waals surface area contributed by atoms with Gasteiger partial charge in [-0.15, -0.1) is 0 Å². The lowest BCUT2D eigenvalue weighted by Crippen LogP contribution is -2.50. The standard InChI is InChI=1S/C20H24F2N6O2/c21-19(22)30-16-5-3-4-15(12-16)25-20(29)28-10-8-27(9-11-28)18-13-17(23-14-24-18)26-6-1-2-7-26/h3-5,12-14,19H,1-2,6-11H2,(H,25,29). The number of amides is 2. The summed E-state index contributed by atoms with van der Waals surface area (Å²) in [5.74, 6) is 1.82. The molecule has 0 saturated carbocycles. The molecule has 1 aromatic carbocycles. The second-order valence-electron chi connectivity index (χ2n) is 7.24. The molecule has 8 nitrogen and oxygen atoms in total. The zero-order chi connectivity index (χ0) is 20.9. The van der Waals surface area contributed by atoms with Gasteiger partial charge in [0, 0.05) is 57.1 Å². The molecular formula is C20H24F2N6O2. The van der Waals surface area contributed by atoms with E-state index in [9.17, 15) is 13.6 Å². The quantitative estimate of drug-likeness (QED) is 0.805. The molecular weight excluding hydrogens is 394 g/mol. The topological polar surface area (TPSA) is 73.8 Å². The third kappa shape index (κ3) is 4.87. The molecule has 0 aliphatic carbocycles. The van der Waals surface area contributed by atoms with Crippen molar-refractivity contribution in [2.45, 2.75) is 19.5 Å². The monoisotopic (exact) mass is 418 g/mol. The summed E-state index contributed by atoms with van der Waals surface area (Å²) in [6, 6.07) is 7.71. The van der Waals surface area contributed by atoms with Crippen molar-refractivity contribution >= 4 is 23.4 Å². The van der Waals surface area contributed by atoms with Crippen molar-refractivity contribution in [3.63, 3.8) is 0 Å². The Hall–Kier alpha value is -3.17. The molecule has 10 heteroatoms. The van der Waals surface area contributed by atoms with E-state index in [2.05, 4.69) is 29.8 Å². The molecule has 4 rings (SSSR count). The van der Waals surface area contributed by atoms with E-state index < -0.39 is 6.61 Å². The van der Waals surface area contributed by atoms with Crippen molar-refractivity contribution < 1.29 is 18.3 Å². The largest absolute Gasteiger partial charge is 0.435 e. The predicted octanol–water partition coefficient (Wildman–Crippen LogP) is 3.03. The summed E-state index contributed by atoms with van der Waals surface area (Å²) in [5.41, 5.74) is 0.409. The number of rotatable bonds is 5. The lowest BCUT2D eigenvalue weighted by Gasteiger charge is -2.35. The van der Waals surface area contributed by atoms with E-state index in [0.717, 1.165) is 24.7 Å². The van der Waals surface area contributed by atoms with Gasteiger partial charge < -0.3 is 24.8 Å². The minimum absolute atomic E-state index is 0.00480. The Morgan fingerprint density at radius 2 is 1.63 bits per heavy atom. The normalized spacial score (nSPS) is 16.8. The van der Waals surface area contributed by atoms with Gasteiger partial charge in [0.2, 0.25) is 0 Å². The van der Waals surface area contributed by atoms with Crippen LogP contribution < -0.4 is 19.9 Å². The number of hydrogen-bond donors (Lipinski definition) is 1. The first-order chi connectivity index (χ1) is 14.6. The van der Waals surface area contributed by atoms with E-state index in [1.807, 2.05) is 6.07 Å². The van der Waals surface area contributed by atoms with E-state index in [1.54, 1.807) is 23.4 Å². The second-order valence-corrected chi connectivity index (χ2v) is 7.24. The highest BCUT2D eigenvalue weighted by atomic mass is 19.3. The maximum Gasteiger partial charge on any atom is 0.387 e. The number of benzene rings is 1. The van der Waals surface area contributed by atoms with E-state index in [4.69, 9.17) is 0 Å². The molecule has 0 spiro atoms. The molecule has 2 aromatic rings. The highest BCUT2D eigenvalue weighted by Crippen LogP contribution is 2.23. The fraction of sp³-hybridized carbons (Fsp3) is 0.450. The third-order valence-corrected chi connectivity index (χ3v) is 5.27. The smallest absolute Gasteiger partial charge is 0.387 e. The molecule has 0 radical (unpaired) electrons. The maximum atomic E-state index is 12.5. The number of ether oxygens (including phenoxy) is 1. The SMILES string of the molecule is O=C(Nc1cccc(OC(F)F)c1)N1CCN(c2cc(N3CCCC3)ncn2)CC1. The van der Waals surface area contributed by atoms with Gasteiger partial charge in [0.15, 0.2) is 0 Å². The number of piperazine rings is 1. The summed E-state index contributed by atoms with van der Waals surface area (Å²) in [5, 5.41) is 2.74. The van der Waals surface area contributed by atoms with Crippen LogP contribution in [0.25, 0.3) is 0 Å². The number of nitrogens with zero attached hydrogens (tertiary/aromatic N) is 5. The van der Waals surface area contributed by atoms with Crippen LogP contribution in [0.3, 0.4) is 0 Å². The molecule has 2 aliphatic heterocycles. The zero-order valence-corrected chi connectivity index (χ0v) is 16.5. The third-order valence-electron chi connectivity index (χ3n) is 5.27. The molecule has 2 saturated heterocycles. The average Bonchev–Trinajstić information content (AvgIpc) is 3.29. The Bertz CT molecular complexity index is 870. The Labute approximate surface area is 173 Å². The Morgan fingerprint density at radius 3 is 2.30 bits per heavy atom. The van der Waals surface area contributed by atoms with Gasteiger partial charge in [-0.25, -0.2) is 14.8 Å². The minimum Gasteiger partial charge on any atom is -0.435 e. The summed E-state index contributed by atoms with van der Waals surface area (Å²) in [4.78, 5) is 27.4. The van der Waals surface area contributed by atoms with Crippen LogP contribution in [0, 0.1) is 0 Å². The molecule has 160 valence electrons. The number of halogens is 2. The lowest BCUT2D eigenvalue weighted by molar-refractivity contribution is -0.0497. The first-order valence-corrected chi connectivity index (χ1v) is 10.0. The van der Waals surface area contributed by atoms with E-state index in [-0.39, 0.29) is 11.8 Å². The van der Waals surface area contributed by atoms with E-state index in [0.29, 0.717) is 31.9 Å². The summed E-state index contributed by atoms with van der Waals surface area (Å²) in [7, 11) is 0. The Balaban J connectivity index is 1.32. The summed E-state index contributed by atoms with van der Waals surface area (Å²) in [6.07, 6.45) is 3.96. The van der Waals surface area contributed by atoms with Gasteiger partial charge in [0.25, 0.3) is 0 Å². The second kappa shape index (κ2) is 9.10. The van der Waals surface area contributed by atoms with Crippen LogP contribution in [0.5, 0.6) is 5.75 Å². The fourth-order valence-corrected chi connectivity index (χ4v) is 3.72.